The van der Waals surface area contributed by atoms with Gasteiger partial charge in [-0.1, -0.05) is 26.3 Å². The second-order valence-electron chi connectivity index (χ2n) is 8.43. The number of nitrogens with zero attached hydrogens (tertiary/aromatic N) is 2. The zero-order chi connectivity index (χ0) is 21.3. The fourth-order valence-electron chi connectivity index (χ4n) is 5.53. The largest absolute Gasteiger partial charge is 0.481 e. The molecule has 3 unspecified atom stereocenters. The fourth-order valence-corrected chi connectivity index (χ4v) is 7.94. The molecule has 0 aromatic heterocycles. The van der Waals surface area contributed by atoms with Crippen molar-refractivity contribution in [2.24, 2.45) is 17.8 Å². The van der Waals surface area contributed by atoms with Crippen molar-refractivity contribution in [3.05, 3.63) is 12.7 Å². The summed E-state index contributed by atoms with van der Waals surface area (Å²) in [5.41, 5.74) is 0. The lowest BCUT2D eigenvalue weighted by atomic mass is 9.66. The van der Waals surface area contributed by atoms with Gasteiger partial charge >= 0.3 is 5.97 Å². The Morgan fingerprint density at radius 3 is 2.72 bits per heavy atom. The minimum atomic E-state index is -0.946. The second-order valence-corrected chi connectivity index (χ2v) is 9.97. The van der Waals surface area contributed by atoms with E-state index in [4.69, 9.17) is 0 Å². The number of fused-ring (bicyclic) bond motifs is 1. The van der Waals surface area contributed by atoms with Gasteiger partial charge in [-0.15, -0.1) is 18.3 Å². The van der Waals surface area contributed by atoms with Crippen LogP contribution in [0.5, 0.6) is 0 Å². The molecule has 7 nitrogen and oxygen atoms in total. The maximum atomic E-state index is 13.8. The highest BCUT2D eigenvalue weighted by Crippen LogP contribution is 2.68. The number of carbonyl (C=O) groups excluding carboxylic acids is 2. The van der Waals surface area contributed by atoms with E-state index >= 15 is 0 Å². The molecule has 0 radical (unpaired) electrons. The Morgan fingerprint density at radius 1 is 1.41 bits per heavy atom. The third-order valence-corrected chi connectivity index (χ3v) is 8.84. The van der Waals surface area contributed by atoms with E-state index in [0.717, 1.165) is 12.8 Å². The molecule has 3 rings (SSSR count). The van der Waals surface area contributed by atoms with Crippen LogP contribution in [0, 0.1) is 17.8 Å². The van der Waals surface area contributed by atoms with Crippen LogP contribution in [0.1, 0.15) is 39.5 Å². The average Bonchev–Trinajstić information content (AvgIpc) is 3.27. The number of aliphatic carboxylic acids is 1. The normalized spacial score (nSPS) is 35.1. The Kier molecular flexibility index (Phi) is 6.63. The molecule has 0 aliphatic carbocycles. The summed E-state index contributed by atoms with van der Waals surface area (Å²) in [6.45, 7) is 9.06. The lowest BCUT2D eigenvalue weighted by molar-refractivity contribution is -0.149. The first-order valence-corrected chi connectivity index (χ1v) is 11.4. The molecule has 0 aromatic rings. The fraction of sp³-hybridized carbons (Fsp3) is 0.762. The van der Waals surface area contributed by atoms with Gasteiger partial charge in [-0.2, -0.15) is 0 Å². The molecule has 3 saturated heterocycles. The van der Waals surface area contributed by atoms with Crippen LogP contribution in [-0.4, -0.2) is 80.1 Å². The van der Waals surface area contributed by atoms with Gasteiger partial charge in [0.1, 0.15) is 6.04 Å². The van der Waals surface area contributed by atoms with Gasteiger partial charge in [-0.05, 0) is 25.2 Å². The van der Waals surface area contributed by atoms with Crippen molar-refractivity contribution >= 4 is 29.5 Å². The van der Waals surface area contributed by atoms with Crippen molar-refractivity contribution < 1.29 is 24.6 Å². The standard InChI is InChI=1S/C21H32N2O5S/c1-4-6-9-22(8-5-2)19(26)17-21-13(3)12-14(29-21)15(20(27)28)16(21)18(25)23(17)10-7-11-24/h5,13-17,24H,2,4,6-12H2,1,3H3,(H,27,28)/t13?,14-,15+,16-,17?,21?/m0/s1. The number of aliphatic hydroxyl groups excluding tert-OH is 1. The zero-order valence-electron chi connectivity index (χ0n) is 17.2. The molecule has 3 aliphatic heterocycles. The summed E-state index contributed by atoms with van der Waals surface area (Å²) in [6, 6.07) is -0.683. The third-order valence-electron chi connectivity index (χ3n) is 6.76. The summed E-state index contributed by atoms with van der Waals surface area (Å²) in [5.74, 6) is -2.65. The van der Waals surface area contributed by atoms with Crippen LogP contribution < -0.4 is 0 Å². The molecule has 1 spiro atoms. The molecule has 162 valence electrons. The Morgan fingerprint density at radius 2 is 2.14 bits per heavy atom. The summed E-state index contributed by atoms with van der Waals surface area (Å²) in [7, 11) is 0. The van der Waals surface area contributed by atoms with Gasteiger partial charge in [-0.25, -0.2) is 0 Å². The quantitative estimate of drug-likeness (QED) is 0.517. The first-order chi connectivity index (χ1) is 13.8. The molecule has 2 N–H and O–H groups in total. The van der Waals surface area contributed by atoms with Gasteiger partial charge < -0.3 is 20.0 Å². The van der Waals surface area contributed by atoms with Crippen molar-refractivity contribution in [3.8, 4) is 0 Å². The van der Waals surface area contributed by atoms with E-state index in [1.54, 1.807) is 27.6 Å². The first kappa shape index (κ1) is 22.2. The number of hydrogen-bond acceptors (Lipinski definition) is 5. The SMILES string of the molecule is C=CCN(CCCC)C(=O)C1N(CCCO)C(=O)[C@@H]2[C@H](C(=O)O)[C@@H]3CC(C)C12S3. The van der Waals surface area contributed by atoms with Gasteiger partial charge in [0.25, 0.3) is 0 Å². The van der Waals surface area contributed by atoms with Gasteiger partial charge in [0.15, 0.2) is 0 Å². The van der Waals surface area contributed by atoms with Crippen molar-refractivity contribution in [2.45, 2.75) is 55.6 Å². The Bertz CT molecular complexity index is 686. The molecule has 8 heteroatoms. The van der Waals surface area contributed by atoms with Crippen LogP contribution in [-0.2, 0) is 14.4 Å². The van der Waals surface area contributed by atoms with Crippen molar-refractivity contribution in [1.82, 2.24) is 9.80 Å². The molecular formula is C21H32N2O5S. The molecule has 3 fully saturated rings. The summed E-state index contributed by atoms with van der Waals surface area (Å²) in [5, 5.41) is 19.0. The van der Waals surface area contributed by atoms with E-state index in [-0.39, 0.29) is 36.1 Å². The maximum absolute atomic E-state index is 13.8. The summed E-state index contributed by atoms with van der Waals surface area (Å²) < 4.78 is -0.705. The molecular weight excluding hydrogens is 392 g/mol. The van der Waals surface area contributed by atoms with Crippen LogP contribution >= 0.6 is 11.8 Å². The molecule has 29 heavy (non-hydrogen) atoms. The minimum absolute atomic E-state index is 0.0758. The van der Waals surface area contributed by atoms with Crippen LogP contribution in [0.2, 0.25) is 0 Å². The average molecular weight is 425 g/mol. The number of aliphatic hydroxyl groups is 1. The topological polar surface area (TPSA) is 98.2 Å². The van der Waals surface area contributed by atoms with Crippen LogP contribution in [0.3, 0.4) is 0 Å². The molecule has 0 saturated carbocycles. The van der Waals surface area contributed by atoms with E-state index in [0.29, 0.717) is 25.9 Å². The molecule has 6 atom stereocenters. The number of amides is 2. The van der Waals surface area contributed by atoms with Crippen LogP contribution in [0.25, 0.3) is 0 Å². The highest BCUT2D eigenvalue weighted by atomic mass is 32.2. The van der Waals surface area contributed by atoms with E-state index in [1.165, 1.54) is 0 Å². The van der Waals surface area contributed by atoms with Crippen LogP contribution in [0.4, 0.5) is 0 Å². The molecule has 2 bridgehead atoms. The molecule has 3 heterocycles. The lowest BCUT2D eigenvalue weighted by Crippen LogP contribution is -2.57. The summed E-state index contributed by atoms with van der Waals surface area (Å²) >= 11 is 1.55. The van der Waals surface area contributed by atoms with E-state index in [1.807, 2.05) is 6.92 Å². The van der Waals surface area contributed by atoms with E-state index in [9.17, 15) is 24.6 Å². The number of unbranched alkanes of at least 4 members (excludes halogenated alkanes) is 1. The Labute approximate surface area is 176 Å². The number of carbonyl (C=O) groups is 3. The van der Waals surface area contributed by atoms with Crippen molar-refractivity contribution in [2.75, 3.05) is 26.2 Å². The monoisotopic (exact) mass is 424 g/mol. The number of carboxylic acids is 1. The number of rotatable bonds is 10. The van der Waals surface area contributed by atoms with Gasteiger partial charge in [0, 0.05) is 31.5 Å². The smallest absolute Gasteiger partial charge is 0.308 e. The Balaban J connectivity index is 2.03. The predicted octanol–water partition coefficient (Wildman–Crippen LogP) is 1.61. The first-order valence-electron chi connectivity index (χ1n) is 10.6. The van der Waals surface area contributed by atoms with E-state index in [2.05, 4.69) is 13.5 Å². The second kappa shape index (κ2) is 8.68. The maximum Gasteiger partial charge on any atom is 0.308 e. The minimum Gasteiger partial charge on any atom is -0.481 e. The highest BCUT2D eigenvalue weighted by molar-refractivity contribution is 8.02. The van der Waals surface area contributed by atoms with Crippen molar-refractivity contribution in [1.29, 1.82) is 0 Å². The summed E-state index contributed by atoms with van der Waals surface area (Å²) in [4.78, 5) is 42.5. The molecule has 0 aromatic carbocycles. The predicted molar refractivity (Wildman–Crippen MR) is 111 cm³/mol. The van der Waals surface area contributed by atoms with Crippen molar-refractivity contribution in [3.63, 3.8) is 0 Å². The summed E-state index contributed by atoms with van der Waals surface area (Å²) in [6.07, 6.45) is 4.58. The van der Waals surface area contributed by atoms with Gasteiger partial charge in [0.2, 0.25) is 11.8 Å². The molecule has 3 aliphatic rings. The van der Waals surface area contributed by atoms with E-state index < -0.39 is 28.6 Å². The number of thioether (sulfide) groups is 1. The number of carboxylic acid groups (broad SMARTS) is 1. The number of likely N-dealkylation sites (tertiary alicyclic amines) is 1. The molecule has 2 amide bonds. The van der Waals surface area contributed by atoms with Gasteiger partial charge in [-0.3, -0.25) is 14.4 Å². The highest BCUT2D eigenvalue weighted by Gasteiger charge is 2.76. The van der Waals surface area contributed by atoms with Crippen LogP contribution in [0.15, 0.2) is 12.7 Å². The lowest BCUT2D eigenvalue weighted by Gasteiger charge is -2.40. The third kappa shape index (κ3) is 3.38. The Hall–Kier alpha value is -1.54. The zero-order valence-corrected chi connectivity index (χ0v) is 18.1. The van der Waals surface area contributed by atoms with Gasteiger partial charge in [0.05, 0.1) is 16.6 Å². The number of hydrogen-bond donors (Lipinski definition) is 2.